The fraction of sp³-hybridized carbons (Fsp3) is 0.568. The number of anilines is 3. The number of rotatable bonds is 11. The van der Waals surface area contributed by atoms with E-state index in [0.717, 1.165) is 76.1 Å². The number of nitrogens with zero attached hydrogens (tertiary/aromatic N) is 8. The second-order valence-electron chi connectivity index (χ2n) is 18.2. The molecule has 0 bridgehead atoms. The summed E-state index contributed by atoms with van der Waals surface area (Å²) in [6, 6.07) is 9.13. The molecule has 0 radical (unpaired) electrons. The SMILES string of the molecule is CC(C)(C)OC(=O)N[C@@H]1C[C@@H](F)CN(c2ccn3ncc(C(=O)Nc4cn(C5CCC(CCN6CCN(c7ccc(C8CCC(=O)NC8=O)cc7)CC6)CC5)nc4C(F)F)c3n2)C1. The molecule has 4 aromatic rings. The van der Waals surface area contributed by atoms with Crippen molar-refractivity contribution in [3.8, 4) is 0 Å². The maximum absolute atomic E-state index is 14.9. The van der Waals surface area contributed by atoms with E-state index in [2.05, 4.69) is 53.1 Å². The number of nitrogens with one attached hydrogen (secondary N) is 3. The average molecular weight is 876 g/mol. The Morgan fingerprint density at radius 3 is 2.41 bits per heavy atom. The largest absolute Gasteiger partial charge is 0.444 e. The summed E-state index contributed by atoms with van der Waals surface area (Å²) in [5, 5.41) is 16.3. The van der Waals surface area contributed by atoms with Crippen LogP contribution in [0.1, 0.15) is 112 Å². The van der Waals surface area contributed by atoms with Crippen LogP contribution in [0, 0.1) is 5.92 Å². The maximum Gasteiger partial charge on any atom is 0.407 e. The van der Waals surface area contributed by atoms with E-state index >= 15 is 0 Å². The van der Waals surface area contributed by atoms with Gasteiger partial charge in [-0.05, 0) is 95.5 Å². The third kappa shape index (κ3) is 10.6. The fourth-order valence-electron chi connectivity index (χ4n) is 9.26. The lowest BCUT2D eigenvalue weighted by molar-refractivity contribution is -0.134. The molecule has 63 heavy (non-hydrogen) atoms. The summed E-state index contributed by atoms with van der Waals surface area (Å²) in [4.78, 5) is 61.0. The first-order chi connectivity index (χ1) is 30.2. The summed E-state index contributed by atoms with van der Waals surface area (Å²) >= 11 is 0. The molecule has 338 valence electrons. The van der Waals surface area contributed by atoms with Gasteiger partial charge in [0.2, 0.25) is 11.8 Å². The van der Waals surface area contributed by atoms with E-state index < -0.39 is 41.9 Å². The molecular weight excluding hydrogens is 820 g/mol. The minimum atomic E-state index is -2.92. The first-order valence-corrected chi connectivity index (χ1v) is 22.0. The van der Waals surface area contributed by atoms with E-state index in [9.17, 15) is 32.3 Å². The summed E-state index contributed by atoms with van der Waals surface area (Å²) < 4.78 is 51.9. The third-order valence-electron chi connectivity index (χ3n) is 12.6. The van der Waals surface area contributed by atoms with Crippen molar-refractivity contribution in [1.29, 1.82) is 0 Å². The molecule has 3 N–H and O–H groups in total. The lowest BCUT2D eigenvalue weighted by Crippen LogP contribution is -2.52. The van der Waals surface area contributed by atoms with Crippen LogP contribution in [0.25, 0.3) is 5.65 Å². The van der Waals surface area contributed by atoms with E-state index in [1.165, 1.54) is 16.9 Å². The monoisotopic (exact) mass is 875 g/mol. The van der Waals surface area contributed by atoms with Gasteiger partial charge in [0.1, 0.15) is 23.2 Å². The van der Waals surface area contributed by atoms with Crippen LogP contribution in [-0.2, 0) is 14.3 Å². The summed E-state index contributed by atoms with van der Waals surface area (Å²) in [6.45, 7) is 10.2. The fourth-order valence-corrected chi connectivity index (χ4v) is 9.26. The number of hydrogen-bond donors (Lipinski definition) is 3. The normalized spacial score (nSPS) is 23.8. The number of imide groups is 1. The number of carbonyl (C=O) groups is 4. The number of alkyl halides is 3. The van der Waals surface area contributed by atoms with Gasteiger partial charge in [0.05, 0.1) is 36.4 Å². The van der Waals surface area contributed by atoms with Gasteiger partial charge >= 0.3 is 6.09 Å². The highest BCUT2D eigenvalue weighted by Crippen LogP contribution is 2.37. The number of aromatic nitrogens is 5. The summed E-state index contributed by atoms with van der Waals surface area (Å²) in [7, 11) is 0. The Hall–Kier alpha value is -5.72. The Bertz CT molecular complexity index is 2280. The van der Waals surface area contributed by atoms with E-state index in [1.807, 2.05) is 12.1 Å². The van der Waals surface area contributed by atoms with E-state index in [1.54, 1.807) is 42.6 Å². The van der Waals surface area contributed by atoms with Gasteiger partial charge in [0, 0.05) is 63.6 Å². The van der Waals surface area contributed by atoms with Crippen molar-refractivity contribution in [1.82, 2.24) is 39.9 Å². The molecule has 3 aliphatic heterocycles. The van der Waals surface area contributed by atoms with Crippen LogP contribution in [0.15, 0.2) is 48.9 Å². The minimum Gasteiger partial charge on any atom is -0.444 e. The Balaban J connectivity index is 0.822. The van der Waals surface area contributed by atoms with Gasteiger partial charge in [0.25, 0.3) is 12.3 Å². The van der Waals surface area contributed by atoms with Crippen LogP contribution >= 0.6 is 0 Å². The van der Waals surface area contributed by atoms with E-state index in [4.69, 9.17) is 4.74 Å². The topological polar surface area (TPSA) is 171 Å². The van der Waals surface area contributed by atoms with Crippen LogP contribution in [0.5, 0.6) is 0 Å². The van der Waals surface area contributed by atoms with Gasteiger partial charge in [-0.25, -0.2) is 27.5 Å². The number of halogens is 3. The maximum atomic E-state index is 14.9. The first-order valence-electron chi connectivity index (χ1n) is 22.0. The number of ether oxygens (including phenoxy) is 1. The Kier molecular flexibility index (Phi) is 12.9. The molecular formula is C44H56F3N11O5. The Labute approximate surface area is 363 Å². The van der Waals surface area contributed by atoms with Crippen LogP contribution in [0.2, 0.25) is 0 Å². The van der Waals surface area contributed by atoms with Gasteiger partial charge < -0.3 is 25.2 Å². The predicted molar refractivity (Wildman–Crippen MR) is 229 cm³/mol. The number of hydrogen-bond acceptors (Lipinski definition) is 11. The van der Waals surface area contributed by atoms with Gasteiger partial charge in [-0.1, -0.05) is 12.1 Å². The molecule has 1 unspecified atom stereocenters. The van der Waals surface area contributed by atoms with Gasteiger partial charge in [0.15, 0.2) is 11.3 Å². The Morgan fingerprint density at radius 2 is 1.71 bits per heavy atom. The van der Waals surface area contributed by atoms with Crippen LogP contribution in [0.3, 0.4) is 0 Å². The minimum absolute atomic E-state index is 0.0243. The second-order valence-corrected chi connectivity index (χ2v) is 18.2. The van der Waals surface area contributed by atoms with Crippen molar-refractivity contribution >= 4 is 46.7 Å². The molecule has 8 rings (SSSR count). The van der Waals surface area contributed by atoms with Crippen LogP contribution in [0.4, 0.5) is 35.2 Å². The van der Waals surface area contributed by atoms with E-state index in [-0.39, 0.29) is 60.2 Å². The molecule has 16 nitrogen and oxygen atoms in total. The lowest BCUT2D eigenvalue weighted by atomic mass is 9.84. The molecule has 19 heteroatoms. The molecule has 3 atom stereocenters. The molecule has 3 saturated heterocycles. The number of benzene rings is 1. The first kappa shape index (κ1) is 43.9. The van der Waals surface area contributed by atoms with Crippen molar-refractivity contribution in [2.45, 2.75) is 108 Å². The molecule has 0 spiro atoms. The number of amides is 4. The summed E-state index contributed by atoms with van der Waals surface area (Å²) in [5.74, 6) is -0.531. The van der Waals surface area contributed by atoms with Crippen LogP contribution in [-0.4, -0.2) is 117 Å². The zero-order valence-corrected chi connectivity index (χ0v) is 35.9. The zero-order chi connectivity index (χ0) is 44.4. The van der Waals surface area contributed by atoms with Crippen molar-refractivity contribution < 1.29 is 37.1 Å². The van der Waals surface area contributed by atoms with Crippen molar-refractivity contribution in [3.05, 3.63) is 65.7 Å². The average Bonchev–Trinajstić information content (AvgIpc) is 3.87. The van der Waals surface area contributed by atoms with Crippen LogP contribution < -0.4 is 25.8 Å². The lowest BCUT2D eigenvalue weighted by Gasteiger charge is -2.37. The molecule has 3 aromatic heterocycles. The molecule has 6 heterocycles. The quantitative estimate of drug-likeness (QED) is 0.151. The summed E-state index contributed by atoms with van der Waals surface area (Å²) in [6.07, 6.45) is 5.09. The number of alkyl carbamates (subject to hydrolysis) is 1. The molecule has 4 fully saturated rings. The highest BCUT2D eigenvalue weighted by molar-refractivity contribution is 6.08. The highest BCUT2D eigenvalue weighted by atomic mass is 19.3. The predicted octanol–water partition coefficient (Wildman–Crippen LogP) is 6.02. The second kappa shape index (κ2) is 18.6. The molecule has 1 aromatic carbocycles. The zero-order valence-electron chi connectivity index (χ0n) is 35.9. The smallest absolute Gasteiger partial charge is 0.407 e. The number of carbonyl (C=O) groups excluding carboxylic acids is 4. The number of fused-ring (bicyclic) bond motifs is 1. The molecule has 4 aliphatic rings. The molecule has 1 aliphatic carbocycles. The molecule has 4 amide bonds. The number of piperidine rings is 2. The van der Waals surface area contributed by atoms with Crippen molar-refractivity contribution in [2.75, 3.05) is 60.9 Å². The van der Waals surface area contributed by atoms with Gasteiger partial charge in [-0.2, -0.15) is 10.2 Å². The standard InChI is InChI=1S/C44H56F3N11O5/c1-44(2,3)63-43(62)49-30-22-29(45)24-56(25-30)36-15-17-57-40(51-36)34(23-48-57)42(61)50-35-26-58(53-38(35)39(46)47)32-8-4-27(5-9-32)14-16-54-18-20-55(21-19-54)31-10-6-28(7-11-31)33-12-13-37(59)52-41(33)60/h6-7,10-11,15,17,23,26-27,29-30,32-33,39H,4-5,8-9,12-14,16,18-22,24-25H2,1-3H3,(H,49,62)(H,50,61)(H,52,59,60)/t27?,29-,30-,32?,33?/m1/s1. The Morgan fingerprint density at radius 1 is 0.968 bits per heavy atom. The highest BCUT2D eigenvalue weighted by Gasteiger charge is 2.33. The van der Waals surface area contributed by atoms with Gasteiger partial charge in [-0.15, -0.1) is 0 Å². The van der Waals surface area contributed by atoms with Crippen molar-refractivity contribution in [3.63, 3.8) is 0 Å². The summed E-state index contributed by atoms with van der Waals surface area (Å²) in [5.41, 5.74) is 0.960. The van der Waals surface area contributed by atoms with Crippen molar-refractivity contribution in [2.24, 2.45) is 5.92 Å². The number of piperazine rings is 1. The molecule has 1 saturated carbocycles. The van der Waals surface area contributed by atoms with E-state index in [0.29, 0.717) is 24.6 Å². The van der Waals surface area contributed by atoms with Gasteiger partial charge in [-0.3, -0.25) is 29.3 Å². The third-order valence-corrected chi connectivity index (χ3v) is 12.6.